The van der Waals surface area contributed by atoms with Crippen molar-refractivity contribution in [2.24, 2.45) is 10.9 Å². The Morgan fingerprint density at radius 1 is 1.53 bits per heavy atom. The molecule has 3 unspecified atom stereocenters. The number of rotatable bonds is 4. The first-order valence-electron chi connectivity index (χ1n) is 6.09. The highest BCUT2D eigenvalue weighted by Crippen LogP contribution is 2.17. The Bertz CT molecular complexity index is 216. The first kappa shape index (κ1) is 12.9. The van der Waals surface area contributed by atoms with Gasteiger partial charge in [-0.2, -0.15) is 0 Å². The van der Waals surface area contributed by atoms with Crippen LogP contribution in [-0.4, -0.2) is 23.0 Å². The minimum atomic E-state index is 0.504. The van der Waals surface area contributed by atoms with Crippen molar-refractivity contribution in [3.63, 3.8) is 0 Å². The molecule has 1 heterocycles. The Morgan fingerprint density at radius 2 is 2.27 bits per heavy atom. The smallest absolute Gasteiger partial charge is 0.157 e. The maximum absolute atomic E-state index is 4.62. The van der Waals surface area contributed by atoms with Crippen molar-refractivity contribution < 1.29 is 0 Å². The highest BCUT2D eigenvalue weighted by atomic mass is 32.2. The summed E-state index contributed by atoms with van der Waals surface area (Å²) < 4.78 is 0. The number of amidine groups is 1. The number of aliphatic imine (C=N–C) groups is 1. The van der Waals surface area contributed by atoms with E-state index in [9.17, 15) is 0 Å². The monoisotopic (exact) mass is 228 g/mol. The molecule has 1 aliphatic heterocycles. The van der Waals surface area contributed by atoms with Gasteiger partial charge in [-0.25, -0.2) is 0 Å². The fourth-order valence-corrected chi connectivity index (χ4v) is 2.94. The Labute approximate surface area is 98.3 Å². The number of hydrogen-bond donors (Lipinski definition) is 1. The first-order valence-corrected chi connectivity index (χ1v) is 7.07. The minimum absolute atomic E-state index is 0.504. The van der Waals surface area contributed by atoms with Gasteiger partial charge in [0.15, 0.2) is 5.17 Å². The van der Waals surface area contributed by atoms with E-state index in [2.05, 4.69) is 38.0 Å². The van der Waals surface area contributed by atoms with Gasteiger partial charge < -0.3 is 5.32 Å². The fourth-order valence-electron chi connectivity index (χ4n) is 1.75. The second-order valence-corrected chi connectivity index (χ2v) is 5.80. The van der Waals surface area contributed by atoms with Crippen LogP contribution in [0.15, 0.2) is 4.99 Å². The quantitative estimate of drug-likeness (QED) is 0.798. The van der Waals surface area contributed by atoms with Crippen molar-refractivity contribution >= 4 is 16.9 Å². The summed E-state index contributed by atoms with van der Waals surface area (Å²) in [6.07, 6.45) is 3.72. The summed E-state index contributed by atoms with van der Waals surface area (Å²) in [5, 5.41) is 4.68. The van der Waals surface area contributed by atoms with E-state index in [0.29, 0.717) is 12.1 Å². The Balaban J connectivity index is 2.33. The van der Waals surface area contributed by atoms with Crippen molar-refractivity contribution in [3.8, 4) is 0 Å². The van der Waals surface area contributed by atoms with Crippen LogP contribution in [0.4, 0.5) is 0 Å². The van der Waals surface area contributed by atoms with Crippen LogP contribution in [-0.2, 0) is 0 Å². The number of nitrogens with zero attached hydrogens (tertiary/aromatic N) is 1. The largest absolute Gasteiger partial charge is 0.362 e. The summed E-state index contributed by atoms with van der Waals surface area (Å²) in [4.78, 5) is 4.62. The van der Waals surface area contributed by atoms with Crippen molar-refractivity contribution in [3.05, 3.63) is 0 Å². The molecule has 0 spiro atoms. The van der Waals surface area contributed by atoms with Crippen LogP contribution in [0.1, 0.15) is 47.0 Å². The lowest BCUT2D eigenvalue weighted by Crippen LogP contribution is -2.34. The number of nitrogens with one attached hydrogen (secondary N) is 1. The third-order valence-electron chi connectivity index (χ3n) is 2.93. The lowest BCUT2D eigenvalue weighted by Gasteiger charge is -2.23. The molecule has 0 radical (unpaired) electrons. The standard InChI is InChI=1S/C12H24N2S/c1-5-9(2)8-11(4)14-12-13-10(3)6-7-15-12/h9-11H,5-8H2,1-4H3,(H,13,14). The lowest BCUT2D eigenvalue weighted by molar-refractivity contribution is 0.449. The first-order chi connectivity index (χ1) is 7.11. The second kappa shape index (κ2) is 6.41. The predicted molar refractivity (Wildman–Crippen MR) is 70.6 cm³/mol. The molecule has 0 aromatic carbocycles. The van der Waals surface area contributed by atoms with Crippen LogP contribution in [0.3, 0.4) is 0 Å². The summed E-state index contributed by atoms with van der Waals surface area (Å²) in [6.45, 7) is 9.03. The van der Waals surface area contributed by atoms with Crippen molar-refractivity contribution in [1.29, 1.82) is 0 Å². The fraction of sp³-hybridized carbons (Fsp3) is 0.917. The normalized spacial score (nSPS) is 25.6. The highest BCUT2D eigenvalue weighted by Gasteiger charge is 2.14. The molecular formula is C12H24N2S. The summed E-state index contributed by atoms with van der Waals surface area (Å²) in [6, 6.07) is 1.06. The van der Waals surface area contributed by atoms with Gasteiger partial charge in [-0.05, 0) is 32.6 Å². The van der Waals surface area contributed by atoms with Crippen LogP contribution in [0, 0.1) is 5.92 Å². The molecule has 0 fully saturated rings. The zero-order chi connectivity index (χ0) is 11.3. The zero-order valence-corrected chi connectivity index (χ0v) is 11.2. The minimum Gasteiger partial charge on any atom is -0.362 e. The van der Waals surface area contributed by atoms with E-state index in [-0.39, 0.29) is 0 Å². The molecule has 0 bridgehead atoms. The summed E-state index contributed by atoms with van der Waals surface area (Å²) >= 11 is 1.87. The van der Waals surface area contributed by atoms with Gasteiger partial charge in [0.2, 0.25) is 0 Å². The van der Waals surface area contributed by atoms with Crippen molar-refractivity contribution in [2.75, 3.05) is 5.75 Å². The van der Waals surface area contributed by atoms with Gasteiger partial charge in [0.1, 0.15) is 0 Å². The van der Waals surface area contributed by atoms with Crippen LogP contribution in [0.25, 0.3) is 0 Å². The maximum atomic E-state index is 4.62. The molecule has 3 heteroatoms. The number of hydrogen-bond acceptors (Lipinski definition) is 3. The second-order valence-electron chi connectivity index (χ2n) is 4.71. The van der Waals surface area contributed by atoms with E-state index in [1.54, 1.807) is 0 Å². The molecule has 0 aromatic rings. The Morgan fingerprint density at radius 3 is 2.87 bits per heavy atom. The summed E-state index contributed by atoms with van der Waals surface area (Å²) in [7, 11) is 0. The van der Waals surface area contributed by atoms with Gasteiger partial charge in [-0.1, -0.05) is 32.0 Å². The topological polar surface area (TPSA) is 24.4 Å². The van der Waals surface area contributed by atoms with Gasteiger partial charge in [-0.3, -0.25) is 4.99 Å². The molecule has 1 N–H and O–H groups in total. The Kier molecular flexibility index (Phi) is 5.51. The summed E-state index contributed by atoms with van der Waals surface area (Å²) in [5.74, 6) is 2.02. The van der Waals surface area contributed by atoms with Crippen molar-refractivity contribution in [1.82, 2.24) is 5.32 Å². The van der Waals surface area contributed by atoms with Gasteiger partial charge in [0.05, 0.1) is 6.04 Å². The zero-order valence-electron chi connectivity index (χ0n) is 10.4. The van der Waals surface area contributed by atoms with Gasteiger partial charge in [-0.15, -0.1) is 0 Å². The Hall–Kier alpha value is -0.180. The number of thioether (sulfide) groups is 1. The molecular weight excluding hydrogens is 204 g/mol. The maximum Gasteiger partial charge on any atom is 0.157 e. The molecule has 0 aliphatic carbocycles. The predicted octanol–water partition coefficient (Wildman–Crippen LogP) is 3.28. The van der Waals surface area contributed by atoms with Crippen molar-refractivity contribution in [2.45, 2.75) is 59.0 Å². The molecule has 88 valence electrons. The molecule has 3 atom stereocenters. The molecule has 2 nitrogen and oxygen atoms in total. The lowest BCUT2D eigenvalue weighted by atomic mass is 10.0. The molecule has 1 rings (SSSR count). The van der Waals surface area contributed by atoms with E-state index in [1.165, 1.54) is 25.0 Å². The average Bonchev–Trinajstić information content (AvgIpc) is 2.17. The van der Waals surface area contributed by atoms with Gasteiger partial charge >= 0.3 is 0 Å². The molecule has 15 heavy (non-hydrogen) atoms. The molecule has 0 aromatic heterocycles. The SMILES string of the molecule is CCC(C)CC(C)NC1=NC(C)CCS1. The van der Waals surface area contributed by atoms with E-state index in [0.717, 1.165) is 11.1 Å². The van der Waals surface area contributed by atoms with E-state index in [4.69, 9.17) is 0 Å². The van der Waals surface area contributed by atoms with E-state index in [1.807, 2.05) is 11.8 Å². The van der Waals surface area contributed by atoms with E-state index < -0.39 is 0 Å². The molecule has 1 aliphatic rings. The van der Waals surface area contributed by atoms with Crippen LogP contribution in [0.2, 0.25) is 0 Å². The average molecular weight is 228 g/mol. The third-order valence-corrected chi connectivity index (χ3v) is 3.87. The third kappa shape index (κ3) is 4.92. The molecule has 0 saturated carbocycles. The van der Waals surface area contributed by atoms with E-state index >= 15 is 0 Å². The highest BCUT2D eigenvalue weighted by molar-refractivity contribution is 8.13. The van der Waals surface area contributed by atoms with Gasteiger partial charge in [0.25, 0.3) is 0 Å². The molecule has 0 saturated heterocycles. The summed E-state index contributed by atoms with van der Waals surface area (Å²) in [5.41, 5.74) is 0. The van der Waals surface area contributed by atoms with Crippen LogP contribution >= 0.6 is 11.8 Å². The van der Waals surface area contributed by atoms with Crippen LogP contribution < -0.4 is 5.32 Å². The molecule has 0 amide bonds. The van der Waals surface area contributed by atoms with Crippen LogP contribution in [0.5, 0.6) is 0 Å². The van der Waals surface area contributed by atoms with Gasteiger partial charge in [0, 0.05) is 11.8 Å².